The number of likely N-dealkylation sites (tertiary alicyclic amines) is 1. The molecule has 2 heterocycles. The third kappa shape index (κ3) is 1.97. The van der Waals surface area contributed by atoms with Crippen molar-refractivity contribution in [3.8, 4) is 0 Å². The van der Waals surface area contributed by atoms with E-state index in [0.717, 1.165) is 36.9 Å². The molecule has 1 unspecified atom stereocenters. The van der Waals surface area contributed by atoms with Crippen LogP contribution in [0.2, 0.25) is 5.15 Å². The number of carbonyl (C=O) groups is 1. The summed E-state index contributed by atoms with van der Waals surface area (Å²) in [6.07, 6.45) is 4.78. The minimum atomic E-state index is 0.187. The highest BCUT2D eigenvalue weighted by Crippen LogP contribution is 2.32. The predicted octanol–water partition coefficient (Wildman–Crippen LogP) is 2.34. The molecule has 1 aliphatic heterocycles. The Balaban J connectivity index is 2.32. The van der Waals surface area contributed by atoms with Crippen LogP contribution in [0.15, 0.2) is 12.3 Å². The maximum absolute atomic E-state index is 10.8. The molecule has 0 aliphatic carbocycles. The molecule has 80 valence electrons. The first kappa shape index (κ1) is 10.4. The highest BCUT2D eigenvalue weighted by molar-refractivity contribution is 6.29. The molecule has 1 atom stereocenters. The van der Waals surface area contributed by atoms with Gasteiger partial charge in [-0.15, -0.1) is 0 Å². The summed E-state index contributed by atoms with van der Waals surface area (Å²) < 4.78 is 0. The molecular formula is C11H13ClN2O. The Hall–Kier alpha value is -1.09. The Morgan fingerprint density at radius 3 is 3.13 bits per heavy atom. The van der Waals surface area contributed by atoms with Gasteiger partial charge in [0.05, 0.1) is 6.04 Å². The number of halogens is 1. The van der Waals surface area contributed by atoms with Crippen molar-refractivity contribution in [2.24, 2.45) is 0 Å². The van der Waals surface area contributed by atoms with E-state index in [1.54, 1.807) is 6.20 Å². The maximum Gasteiger partial charge on any atom is 0.210 e. The van der Waals surface area contributed by atoms with E-state index in [1.807, 2.05) is 17.9 Å². The highest BCUT2D eigenvalue weighted by Gasteiger charge is 2.25. The Bertz CT molecular complexity index is 381. The molecule has 4 heteroatoms. The monoisotopic (exact) mass is 224 g/mol. The van der Waals surface area contributed by atoms with Gasteiger partial charge in [0.25, 0.3) is 0 Å². The van der Waals surface area contributed by atoms with Crippen molar-refractivity contribution in [1.29, 1.82) is 0 Å². The topological polar surface area (TPSA) is 33.2 Å². The van der Waals surface area contributed by atoms with Crippen molar-refractivity contribution in [2.75, 3.05) is 6.54 Å². The third-order valence-electron chi connectivity index (χ3n) is 2.91. The van der Waals surface area contributed by atoms with Crippen LogP contribution >= 0.6 is 11.6 Å². The number of pyridine rings is 1. The minimum absolute atomic E-state index is 0.187. The van der Waals surface area contributed by atoms with Crippen molar-refractivity contribution in [1.82, 2.24) is 9.88 Å². The fraction of sp³-hybridized carbons (Fsp3) is 0.455. The summed E-state index contributed by atoms with van der Waals surface area (Å²) in [5.74, 6) is 0. The quantitative estimate of drug-likeness (QED) is 0.571. The van der Waals surface area contributed by atoms with E-state index in [0.29, 0.717) is 5.15 Å². The predicted molar refractivity (Wildman–Crippen MR) is 58.7 cm³/mol. The fourth-order valence-electron chi connectivity index (χ4n) is 2.13. The van der Waals surface area contributed by atoms with Crippen molar-refractivity contribution >= 4 is 18.0 Å². The van der Waals surface area contributed by atoms with Gasteiger partial charge in [-0.3, -0.25) is 4.79 Å². The minimum Gasteiger partial charge on any atom is -0.338 e. The summed E-state index contributed by atoms with van der Waals surface area (Å²) in [5, 5.41) is 0.506. The van der Waals surface area contributed by atoms with Gasteiger partial charge >= 0.3 is 0 Å². The summed E-state index contributed by atoms with van der Waals surface area (Å²) >= 11 is 5.80. The zero-order valence-corrected chi connectivity index (χ0v) is 9.37. The number of nitrogens with zero attached hydrogens (tertiary/aromatic N) is 2. The normalized spacial score (nSPS) is 20.7. The maximum atomic E-state index is 10.8. The van der Waals surface area contributed by atoms with E-state index < -0.39 is 0 Å². The van der Waals surface area contributed by atoms with E-state index in [4.69, 9.17) is 11.6 Å². The van der Waals surface area contributed by atoms with Crippen LogP contribution in [0, 0.1) is 6.92 Å². The zero-order valence-electron chi connectivity index (χ0n) is 8.61. The lowest BCUT2D eigenvalue weighted by atomic mass is 10.0. The lowest BCUT2D eigenvalue weighted by molar-refractivity contribution is -0.118. The van der Waals surface area contributed by atoms with Gasteiger partial charge in [-0.05, 0) is 37.0 Å². The van der Waals surface area contributed by atoms with Crippen LogP contribution in [0.4, 0.5) is 0 Å². The van der Waals surface area contributed by atoms with Crippen LogP contribution in [0.25, 0.3) is 0 Å². The van der Waals surface area contributed by atoms with Gasteiger partial charge in [0, 0.05) is 12.7 Å². The van der Waals surface area contributed by atoms with Gasteiger partial charge in [0.1, 0.15) is 5.15 Å². The third-order valence-corrected chi connectivity index (χ3v) is 3.11. The summed E-state index contributed by atoms with van der Waals surface area (Å²) in [6.45, 7) is 2.85. The van der Waals surface area contributed by atoms with Crippen LogP contribution in [-0.2, 0) is 4.79 Å². The van der Waals surface area contributed by atoms with E-state index in [1.165, 1.54) is 0 Å². The number of aryl methyl sites for hydroxylation is 1. The Morgan fingerprint density at radius 2 is 2.47 bits per heavy atom. The van der Waals surface area contributed by atoms with Gasteiger partial charge in [0.15, 0.2) is 0 Å². The molecule has 3 nitrogen and oxygen atoms in total. The molecule has 15 heavy (non-hydrogen) atoms. The SMILES string of the molecule is Cc1cc(Cl)ncc1C1CCCN1C=O. The van der Waals surface area contributed by atoms with Gasteiger partial charge in [-0.1, -0.05) is 11.6 Å². The first-order valence-corrected chi connectivity index (χ1v) is 5.43. The van der Waals surface area contributed by atoms with Crippen molar-refractivity contribution in [3.05, 3.63) is 28.5 Å². The number of carbonyl (C=O) groups excluding carboxylic acids is 1. The Morgan fingerprint density at radius 1 is 1.67 bits per heavy atom. The molecule has 0 bridgehead atoms. The van der Waals surface area contributed by atoms with Gasteiger partial charge in [-0.25, -0.2) is 4.98 Å². The van der Waals surface area contributed by atoms with Gasteiger partial charge in [-0.2, -0.15) is 0 Å². The number of aromatic nitrogens is 1. The second kappa shape index (κ2) is 4.19. The Labute approximate surface area is 94.1 Å². The van der Waals surface area contributed by atoms with Crippen LogP contribution in [-0.4, -0.2) is 22.8 Å². The van der Waals surface area contributed by atoms with Crippen LogP contribution in [0.5, 0.6) is 0 Å². The molecule has 2 rings (SSSR count). The van der Waals surface area contributed by atoms with Crippen LogP contribution in [0.1, 0.15) is 30.0 Å². The number of hydrogen-bond donors (Lipinski definition) is 0. The molecule has 1 amide bonds. The van der Waals surface area contributed by atoms with E-state index in [2.05, 4.69) is 4.98 Å². The van der Waals surface area contributed by atoms with Crippen LogP contribution in [0.3, 0.4) is 0 Å². The highest BCUT2D eigenvalue weighted by atomic mass is 35.5. The van der Waals surface area contributed by atoms with Gasteiger partial charge in [0.2, 0.25) is 6.41 Å². The summed E-state index contributed by atoms with van der Waals surface area (Å²) in [5.41, 5.74) is 2.22. The summed E-state index contributed by atoms with van der Waals surface area (Å²) in [7, 11) is 0. The standard InChI is InChI=1S/C11H13ClN2O/c1-8-5-11(12)13-6-9(8)10-3-2-4-14(10)7-15/h5-7,10H,2-4H2,1H3. The largest absolute Gasteiger partial charge is 0.338 e. The van der Waals surface area contributed by atoms with Crippen molar-refractivity contribution in [2.45, 2.75) is 25.8 Å². The van der Waals surface area contributed by atoms with E-state index in [-0.39, 0.29) is 6.04 Å². The molecule has 1 aromatic rings. The lowest BCUT2D eigenvalue weighted by Crippen LogP contribution is -2.21. The number of rotatable bonds is 2. The molecule has 0 spiro atoms. The van der Waals surface area contributed by atoms with Crippen LogP contribution < -0.4 is 0 Å². The molecule has 0 N–H and O–H groups in total. The van der Waals surface area contributed by atoms with E-state index in [9.17, 15) is 4.79 Å². The summed E-state index contributed by atoms with van der Waals surface area (Å²) in [4.78, 5) is 16.8. The van der Waals surface area contributed by atoms with Crippen molar-refractivity contribution < 1.29 is 4.79 Å². The van der Waals surface area contributed by atoms with E-state index >= 15 is 0 Å². The lowest BCUT2D eigenvalue weighted by Gasteiger charge is -2.21. The van der Waals surface area contributed by atoms with Gasteiger partial charge < -0.3 is 4.90 Å². The zero-order chi connectivity index (χ0) is 10.8. The molecule has 1 aromatic heterocycles. The number of hydrogen-bond acceptors (Lipinski definition) is 2. The first-order valence-electron chi connectivity index (χ1n) is 5.05. The Kier molecular flexibility index (Phi) is 2.91. The summed E-state index contributed by atoms with van der Waals surface area (Å²) in [6, 6.07) is 2.03. The second-order valence-electron chi connectivity index (χ2n) is 3.86. The molecule has 0 radical (unpaired) electrons. The molecular weight excluding hydrogens is 212 g/mol. The number of amides is 1. The molecule has 1 fully saturated rings. The molecule has 1 aliphatic rings. The molecule has 0 saturated carbocycles. The average Bonchev–Trinajstić information content (AvgIpc) is 2.65. The smallest absolute Gasteiger partial charge is 0.210 e. The second-order valence-corrected chi connectivity index (χ2v) is 4.25. The molecule has 0 aromatic carbocycles. The van der Waals surface area contributed by atoms with Crippen molar-refractivity contribution in [3.63, 3.8) is 0 Å². The molecule has 1 saturated heterocycles. The average molecular weight is 225 g/mol. The fourth-order valence-corrected chi connectivity index (χ4v) is 2.34. The first-order chi connectivity index (χ1) is 7.22.